The summed E-state index contributed by atoms with van der Waals surface area (Å²) < 4.78 is 1.12. The maximum Gasteiger partial charge on any atom is 0.253 e. The minimum Gasteiger partial charge on any atom is -0.351 e. The van der Waals surface area contributed by atoms with E-state index in [1.54, 1.807) is 0 Å². The fourth-order valence-corrected chi connectivity index (χ4v) is 3.30. The molecule has 0 saturated carbocycles. The predicted octanol–water partition coefficient (Wildman–Crippen LogP) is 2.37. The van der Waals surface area contributed by atoms with Crippen molar-refractivity contribution in [3.05, 3.63) is 69.3 Å². The first-order valence-corrected chi connectivity index (χ1v) is 9.77. The lowest BCUT2D eigenvalue weighted by atomic mass is 10.2. The van der Waals surface area contributed by atoms with Crippen molar-refractivity contribution >= 4 is 34.4 Å². The molecule has 0 radical (unpaired) electrons. The molecule has 0 atom stereocenters. The minimum atomic E-state index is 0.0197. The third kappa shape index (κ3) is 5.28. The third-order valence-electron chi connectivity index (χ3n) is 4.45. The summed E-state index contributed by atoms with van der Waals surface area (Å²) in [5, 5.41) is 2.95. The average Bonchev–Trinajstić information content (AvgIpc) is 2.68. The molecule has 136 valence electrons. The number of piperazine rings is 1. The fraction of sp³-hybridized carbons (Fsp3) is 0.300. The largest absolute Gasteiger partial charge is 0.351 e. The van der Waals surface area contributed by atoms with Gasteiger partial charge >= 0.3 is 0 Å². The number of nitrogens with one attached hydrogen (secondary N) is 1. The van der Waals surface area contributed by atoms with Crippen molar-refractivity contribution in [3.8, 4) is 0 Å². The molecule has 2 aromatic rings. The molecular weight excluding hydrogens is 441 g/mol. The van der Waals surface area contributed by atoms with Crippen LogP contribution in [0.4, 0.5) is 0 Å². The third-order valence-corrected chi connectivity index (χ3v) is 5.17. The molecule has 26 heavy (non-hydrogen) atoms. The molecule has 0 aliphatic carbocycles. The smallest absolute Gasteiger partial charge is 0.253 e. The molecule has 2 aromatic carbocycles. The van der Waals surface area contributed by atoms with Gasteiger partial charge in [0, 0.05) is 41.9 Å². The lowest BCUT2D eigenvalue weighted by Crippen LogP contribution is -2.51. The van der Waals surface area contributed by atoms with E-state index in [1.165, 1.54) is 0 Å². The van der Waals surface area contributed by atoms with E-state index in [9.17, 15) is 9.59 Å². The Morgan fingerprint density at radius 3 is 2.23 bits per heavy atom. The second kappa shape index (κ2) is 9.14. The fourth-order valence-electron chi connectivity index (χ4n) is 2.94. The van der Waals surface area contributed by atoms with Gasteiger partial charge in [-0.2, -0.15) is 0 Å². The molecule has 2 amide bonds. The molecule has 1 fully saturated rings. The molecule has 5 nitrogen and oxygen atoms in total. The normalized spacial score (nSPS) is 14.9. The highest BCUT2D eigenvalue weighted by atomic mass is 127. The summed E-state index contributed by atoms with van der Waals surface area (Å²) in [6.45, 7) is 3.65. The van der Waals surface area contributed by atoms with Crippen LogP contribution in [-0.4, -0.2) is 54.3 Å². The molecule has 0 bridgehead atoms. The molecule has 0 unspecified atom stereocenters. The van der Waals surface area contributed by atoms with Crippen LogP contribution in [0.5, 0.6) is 0 Å². The van der Waals surface area contributed by atoms with E-state index in [1.807, 2.05) is 59.5 Å². The standard InChI is InChI=1S/C20H22IN3O2/c21-18-8-6-17(7-9-18)20(26)24-12-10-23(11-13-24)15-19(25)22-14-16-4-2-1-3-5-16/h1-9H,10-15H2,(H,22,25). The van der Waals surface area contributed by atoms with Gasteiger partial charge in [0.05, 0.1) is 6.54 Å². The summed E-state index contributed by atoms with van der Waals surface area (Å²) in [6.07, 6.45) is 0. The number of amides is 2. The van der Waals surface area contributed by atoms with Crippen molar-refractivity contribution in [1.29, 1.82) is 0 Å². The van der Waals surface area contributed by atoms with Gasteiger partial charge in [-0.05, 0) is 52.4 Å². The first-order chi connectivity index (χ1) is 12.6. The second-order valence-corrected chi connectivity index (χ2v) is 7.58. The zero-order valence-electron chi connectivity index (χ0n) is 14.5. The Hall–Kier alpha value is -1.93. The lowest BCUT2D eigenvalue weighted by molar-refractivity contribution is -0.122. The number of nitrogens with zero attached hydrogens (tertiary/aromatic N) is 2. The van der Waals surface area contributed by atoms with Gasteiger partial charge in [0.2, 0.25) is 5.91 Å². The molecule has 1 saturated heterocycles. The van der Waals surface area contributed by atoms with Crippen LogP contribution < -0.4 is 5.32 Å². The van der Waals surface area contributed by atoms with Gasteiger partial charge in [0.25, 0.3) is 5.91 Å². The van der Waals surface area contributed by atoms with Crippen LogP contribution >= 0.6 is 22.6 Å². The van der Waals surface area contributed by atoms with Crippen molar-refractivity contribution in [1.82, 2.24) is 15.1 Å². The Balaban J connectivity index is 1.42. The van der Waals surface area contributed by atoms with Crippen LogP contribution in [0.3, 0.4) is 0 Å². The van der Waals surface area contributed by atoms with Gasteiger partial charge in [-0.25, -0.2) is 0 Å². The lowest BCUT2D eigenvalue weighted by Gasteiger charge is -2.34. The number of hydrogen-bond donors (Lipinski definition) is 1. The summed E-state index contributed by atoms with van der Waals surface area (Å²) in [5.41, 5.74) is 1.81. The molecular formula is C20H22IN3O2. The minimum absolute atomic E-state index is 0.0197. The number of carbonyl (C=O) groups excluding carboxylic acids is 2. The van der Waals surface area contributed by atoms with Crippen LogP contribution in [-0.2, 0) is 11.3 Å². The molecule has 0 spiro atoms. The van der Waals surface area contributed by atoms with Crippen LogP contribution in [0.2, 0.25) is 0 Å². The summed E-state index contributed by atoms with van der Waals surface area (Å²) in [6, 6.07) is 17.5. The van der Waals surface area contributed by atoms with Crippen molar-refractivity contribution in [2.45, 2.75) is 6.54 Å². The quantitative estimate of drug-likeness (QED) is 0.694. The zero-order valence-corrected chi connectivity index (χ0v) is 16.7. The summed E-state index contributed by atoms with van der Waals surface area (Å²) >= 11 is 2.23. The Labute approximate surface area is 167 Å². The summed E-state index contributed by atoms with van der Waals surface area (Å²) in [7, 11) is 0. The van der Waals surface area contributed by atoms with Gasteiger partial charge in [-0.3, -0.25) is 14.5 Å². The van der Waals surface area contributed by atoms with Crippen LogP contribution in [0.15, 0.2) is 54.6 Å². The van der Waals surface area contributed by atoms with E-state index >= 15 is 0 Å². The van der Waals surface area contributed by atoms with Gasteiger partial charge in [-0.15, -0.1) is 0 Å². The number of rotatable bonds is 5. The second-order valence-electron chi connectivity index (χ2n) is 6.34. The Kier molecular flexibility index (Phi) is 6.62. The summed E-state index contributed by atoms with van der Waals surface area (Å²) in [5.74, 6) is 0.0841. The van der Waals surface area contributed by atoms with Gasteiger partial charge in [0.15, 0.2) is 0 Å². The highest BCUT2D eigenvalue weighted by Crippen LogP contribution is 2.11. The maximum atomic E-state index is 12.5. The Morgan fingerprint density at radius 1 is 0.923 bits per heavy atom. The first-order valence-electron chi connectivity index (χ1n) is 8.69. The van der Waals surface area contributed by atoms with Crippen molar-refractivity contribution in [2.24, 2.45) is 0 Å². The van der Waals surface area contributed by atoms with Crippen LogP contribution in [0.1, 0.15) is 15.9 Å². The van der Waals surface area contributed by atoms with E-state index in [-0.39, 0.29) is 11.8 Å². The number of hydrogen-bond acceptors (Lipinski definition) is 3. The van der Waals surface area contributed by atoms with E-state index in [0.29, 0.717) is 26.2 Å². The monoisotopic (exact) mass is 463 g/mol. The predicted molar refractivity (Wildman–Crippen MR) is 110 cm³/mol. The zero-order chi connectivity index (χ0) is 18.4. The maximum absolute atomic E-state index is 12.5. The molecule has 0 aromatic heterocycles. The van der Waals surface area contributed by atoms with E-state index in [4.69, 9.17) is 0 Å². The molecule has 1 N–H and O–H groups in total. The van der Waals surface area contributed by atoms with E-state index < -0.39 is 0 Å². The average molecular weight is 463 g/mol. The molecule has 3 rings (SSSR count). The van der Waals surface area contributed by atoms with Crippen molar-refractivity contribution in [3.63, 3.8) is 0 Å². The molecule has 1 aliphatic rings. The number of carbonyl (C=O) groups is 2. The molecule has 1 heterocycles. The highest BCUT2D eigenvalue weighted by Gasteiger charge is 2.23. The van der Waals surface area contributed by atoms with E-state index in [2.05, 4.69) is 32.8 Å². The van der Waals surface area contributed by atoms with Gasteiger partial charge < -0.3 is 10.2 Å². The Bertz CT molecular complexity index is 741. The van der Waals surface area contributed by atoms with Gasteiger partial charge in [-0.1, -0.05) is 30.3 Å². The number of benzene rings is 2. The van der Waals surface area contributed by atoms with Crippen LogP contribution in [0.25, 0.3) is 0 Å². The highest BCUT2D eigenvalue weighted by molar-refractivity contribution is 14.1. The first kappa shape index (κ1) is 18.8. The SMILES string of the molecule is O=C(CN1CCN(C(=O)c2ccc(I)cc2)CC1)NCc1ccccc1. The van der Waals surface area contributed by atoms with Gasteiger partial charge in [0.1, 0.15) is 0 Å². The molecule has 6 heteroatoms. The Morgan fingerprint density at radius 2 is 1.58 bits per heavy atom. The molecule has 1 aliphatic heterocycles. The summed E-state index contributed by atoms with van der Waals surface area (Å²) in [4.78, 5) is 28.6. The van der Waals surface area contributed by atoms with Crippen LogP contribution in [0, 0.1) is 3.57 Å². The topological polar surface area (TPSA) is 52.7 Å². The number of halogens is 1. The van der Waals surface area contributed by atoms with Crippen molar-refractivity contribution < 1.29 is 9.59 Å². The van der Waals surface area contributed by atoms with Crippen molar-refractivity contribution in [2.75, 3.05) is 32.7 Å². The van der Waals surface area contributed by atoms with E-state index in [0.717, 1.165) is 27.8 Å².